The van der Waals surface area contributed by atoms with Crippen molar-refractivity contribution < 1.29 is 23.1 Å². The molecule has 4 aromatic rings. The Kier molecular flexibility index (Phi) is 6.00. The molecule has 9 nitrogen and oxygen atoms in total. The zero-order valence-corrected chi connectivity index (χ0v) is 21.5. The van der Waals surface area contributed by atoms with Gasteiger partial charge in [0.25, 0.3) is 0 Å². The minimum Gasteiger partial charge on any atom is -0.496 e. The van der Waals surface area contributed by atoms with E-state index in [2.05, 4.69) is 25.3 Å². The number of ketones is 1. The van der Waals surface area contributed by atoms with Crippen molar-refractivity contribution in [3.05, 3.63) is 65.6 Å². The van der Waals surface area contributed by atoms with Crippen molar-refractivity contribution in [2.24, 2.45) is 12.5 Å². The standard InChI is InChI=1S/C28H26F2N6O3/c1-35-14-17-24(34-35)19(30)12-16(25(17)36-11-8-28(15-36)7-10-32-27(28)38)13-21(37)20-6-9-31-26(33-20)23-18(29)4-3-5-22(23)39-2/h3-6,9,12,14H,7-8,10-11,13,15H2,1-2H3,(H,32,38). The van der Waals surface area contributed by atoms with E-state index in [0.29, 0.717) is 42.7 Å². The number of Topliss-reactive ketones (excluding diaryl/α,β-unsaturated/α-hetero) is 1. The topological polar surface area (TPSA) is 102 Å². The fourth-order valence-corrected chi connectivity index (χ4v) is 5.77. The first-order valence-corrected chi connectivity index (χ1v) is 12.7. The van der Waals surface area contributed by atoms with E-state index in [-0.39, 0.29) is 46.5 Å². The van der Waals surface area contributed by atoms with Crippen molar-refractivity contribution in [1.82, 2.24) is 25.1 Å². The van der Waals surface area contributed by atoms with Crippen molar-refractivity contribution in [1.29, 1.82) is 0 Å². The average molecular weight is 533 g/mol. The fraction of sp³-hybridized carbons (Fsp3) is 0.321. The second-order valence-electron chi connectivity index (χ2n) is 10.1. The Morgan fingerprint density at radius 2 is 2.05 bits per heavy atom. The van der Waals surface area contributed by atoms with Gasteiger partial charge in [-0.2, -0.15) is 5.10 Å². The number of carbonyl (C=O) groups excluding carboxylic acids is 2. The highest BCUT2D eigenvalue weighted by molar-refractivity contribution is 6.01. The monoisotopic (exact) mass is 532 g/mol. The van der Waals surface area contributed by atoms with Crippen molar-refractivity contribution in [2.45, 2.75) is 19.3 Å². The maximum Gasteiger partial charge on any atom is 0.228 e. The van der Waals surface area contributed by atoms with Crippen LogP contribution in [-0.2, 0) is 18.3 Å². The Bertz CT molecular complexity index is 1640. The van der Waals surface area contributed by atoms with Gasteiger partial charge in [-0.15, -0.1) is 0 Å². The van der Waals surface area contributed by atoms with Gasteiger partial charge in [0.15, 0.2) is 17.4 Å². The number of hydrogen-bond acceptors (Lipinski definition) is 7. The van der Waals surface area contributed by atoms with Gasteiger partial charge in [-0.05, 0) is 42.7 Å². The van der Waals surface area contributed by atoms with Crippen LogP contribution in [0.5, 0.6) is 5.75 Å². The minimum absolute atomic E-state index is 0.0126. The van der Waals surface area contributed by atoms with Crippen LogP contribution < -0.4 is 15.0 Å². The van der Waals surface area contributed by atoms with Crippen LogP contribution in [0, 0.1) is 17.0 Å². The lowest BCUT2D eigenvalue weighted by molar-refractivity contribution is -0.126. The van der Waals surface area contributed by atoms with Gasteiger partial charge in [0, 0.05) is 50.9 Å². The van der Waals surface area contributed by atoms with E-state index < -0.39 is 17.0 Å². The fourth-order valence-electron chi connectivity index (χ4n) is 5.77. The molecule has 0 aliphatic carbocycles. The second kappa shape index (κ2) is 9.40. The summed E-state index contributed by atoms with van der Waals surface area (Å²) < 4.78 is 36.6. The predicted molar refractivity (Wildman–Crippen MR) is 140 cm³/mol. The molecule has 2 aromatic carbocycles. The van der Waals surface area contributed by atoms with Crippen LogP contribution in [-0.4, -0.2) is 58.2 Å². The number of methoxy groups -OCH3 is 1. The SMILES string of the molecule is COc1cccc(F)c1-c1nccc(C(=O)Cc2cc(F)c3nn(C)cc3c2N2CCC3(CCNC3=O)C2)n1. The zero-order valence-electron chi connectivity index (χ0n) is 21.5. The van der Waals surface area contributed by atoms with Crippen LogP contribution >= 0.6 is 0 Å². The number of hydrogen-bond donors (Lipinski definition) is 1. The number of rotatable bonds is 6. The van der Waals surface area contributed by atoms with Gasteiger partial charge in [-0.1, -0.05) is 6.07 Å². The third-order valence-electron chi connectivity index (χ3n) is 7.67. The number of nitrogens with one attached hydrogen (secondary N) is 1. The van der Waals surface area contributed by atoms with Crippen LogP contribution in [0.1, 0.15) is 28.9 Å². The summed E-state index contributed by atoms with van der Waals surface area (Å²) in [6, 6.07) is 7.15. The van der Waals surface area contributed by atoms with Gasteiger partial charge in [-0.3, -0.25) is 14.3 Å². The van der Waals surface area contributed by atoms with Gasteiger partial charge < -0.3 is 15.0 Å². The van der Waals surface area contributed by atoms with Crippen molar-refractivity contribution in [2.75, 3.05) is 31.6 Å². The molecule has 0 bridgehead atoms. The van der Waals surface area contributed by atoms with E-state index in [4.69, 9.17) is 4.74 Å². The predicted octanol–water partition coefficient (Wildman–Crippen LogP) is 3.46. The summed E-state index contributed by atoms with van der Waals surface area (Å²) in [7, 11) is 3.12. The molecule has 1 atom stereocenters. The summed E-state index contributed by atoms with van der Waals surface area (Å²) in [4.78, 5) is 36.7. The first-order valence-electron chi connectivity index (χ1n) is 12.7. The lowest BCUT2D eigenvalue weighted by Crippen LogP contribution is -2.34. The Balaban J connectivity index is 1.38. The third kappa shape index (κ3) is 4.18. The molecule has 1 unspecified atom stereocenters. The molecule has 1 amide bonds. The summed E-state index contributed by atoms with van der Waals surface area (Å²) in [5, 5.41) is 7.79. The van der Waals surface area contributed by atoms with Gasteiger partial charge in [0.1, 0.15) is 22.8 Å². The molecule has 1 N–H and O–H groups in total. The quantitative estimate of drug-likeness (QED) is 0.380. The molecular weight excluding hydrogens is 506 g/mol. The summed E-state index contributed by atoms with van der Waals surface area (Å²) in [5.74, 6) is -1.22. The number of carbonyl (C=O) groups is 2. The van der Waals surface area contributed by atoms with Crippen LogP contribution in [0.3, 0.4) is 0 Å². The van der Waals surface area contributed by atoms with Crippen LogP contribution in [0.25, 0.3) is 22.3 Å². The Morgan fingerprint density at radius 3 is 2.82 bits per heavy atom. The molecule has 2 saturated heterocycles. The lowest BCUT2D eigenvalue weighted by Gasteiger charge is -2.25. The van der Waals surface area contributed by atoms with E-state index in [1.54, 1.807) is 19.3 Å². The van der Waals surface area contributed by atoms with Crippen LogP contribution in [0.2, 0.25) is 0 Å². The largest absolute Gasteiger partial charge is 0.496 e. The summed E-state index contributed by atoms with van der Waals surface area (Å²) >= 11 is 0. The Labute approximate surface area is 222 Å². The molecule has 11 heteroatoms. The minimum atomic E-state index is -0.579. The highest BCUT2D eigenvalue weighted by Gasteiger charge is 2.48. The molecular formula is C28H26F2N6O3. The van der Waals surface area contributed by atoms with E-state index in [1.165, 1.54) is 42.3 Å². The molecule has 2 aromatic heterocycles. The number of amides is 1. The van der Waals surface area contributed by atoms with Crippen LogP contribution in [0.4, 0.5) is 14.5 Å². The summed E-state index contributed by atoms with van der Waals surface area (Å²) in [6.45, 7) is 1.70. The van der Waals surface area contributed by atoms with E-state index in [0.717, 1.165) is 6.42 Å². The number of anilines is 1. The normalized spacial score (nSPS) is 18.8. The van der Waals surface area contributed by atoms with E-state index in [1.807, 2.05) is 0 Å². The zero-order chi connectivity index (χ0) is 27.3. The van der Waals surface area contributed by atoms with Gasteiger partial charge in [0.2, 0.25) is 5.91 Å². The molecule has 0 radical (unpaired) electrons. The molecule has 0 saturated carbocycles. The Hall–Kier alpha value is -4.41. The number of aromatic nitrogens is 4. The summed E-state index contributed by atoms with van der Waals surface area (Å²) in [6.07, 6.45) is 4.37. The second-order valence-corrected chi connectivity index (χ2v) is 10.1. The third-order valence-corrected chi connectivity index (χ3v) is 7.67. The number of ether oxygens (including phenoxy) is 1. The molecule has 1 spiro atoms. The summed E-state index contributed by atoms with van der Waals surface area (Å²) in [5.41, 5.74) is 0.985. The molecule has 2 aliphatic rings. The molecule has 2 fully saturated rings. The smallest absolute Gasteiger partial charge is 0.228 e. The highest BCUT2D eigenvalue weighted by atomic mass is 19.1. The highest BCUT2D eigenvalue weighted by Crippen LogP contribution is 2.43. The number of fused-ring (bicyclic) bond motifs is 1. The molecule has 2 aliphatic heterocycles. The number of halogens is 2. The number of nitrogens with zero attached hydrogens (tertiary/aromatic N) is 5. The van der Waals surface area contributed by atoms with Crippen LogP contribution in [0.15, 0.2) is 42.7 Å². The molecule has 6 rings (SSSR count). The molecule has 4 heterocycles. The van der Waals surface area contributed by atoms with E-state index >= 15 is 4.39 Å². The molecule has 200 valence electrons. The molecule has 39 heavy (non-hydrogen) atoms. The van der Waals surface area contributed by atoms with Gasteiger partial charge in [0.05, 0.1) is 23.8 Å². The van der Waals surface area contributed by atoms with Crippen molar-refractivity contribution >= 4 is 28.3 Å². The lowest BCUT2D eigenvalue weighted by atomic mass is 9.86. The van der Waals surface area contributed by atoms with Crippen molar-refractivity contribution in [3.63, 3.8) is 0 Å². The van der Waals surface area contributed by atoms with Crippen molar-refractivity contribution in [3.8, 4) is 17.1 Å². The maximum atomic E-state index is 15.2. The van der Waals surface area contributed by atoms with E-state index in [9.17, 15) is 14.0 Å². The maximum absolute atomic E-state index is 15.2. The first-order chi connectivity index (χ1) is 18.8. The van der Waals surface area contributed by atoms with Gasteiger partial charge in [-0.25, -0.2) is 18.7 Å². The van der Waals surface area contributed by atoms with Gasteiger partial charge >= 0.3 is 0 Å². The average Bonchev–Trinajstić information content (AvgIpc) is 3.63. The number of aryl methyl sites for hydroxylation is 1. The number of benzene rings is 2. The first kappa shape index (κ1) is 24.9. The Morgan fingerprint density at radius 1 is 1.21 bits per heavy atom.